The number of nitrogens with zero attached hydrogens (tertiary/aromatic N) is 3. The van der Waals surface area contributed by atoms with Crippen molar-refractivity contribution in [2.45, 2.75) is 17.8 Å². The number of benzene rings is 3. The summed E-state index contributed by atoms with van der Waals surface area (Å²) in [6.45, 7) is 4.05. The Balaban J connectivity index is 1.19. The first kappa shape index (κ1) is 23.1. The molecule has 0 radical (unpaired) electrons. The van der Waals surface area contributed by atoms with Gasteiger partial charge in [-0.25, -0.2) is 0 Å². The number of likely N-dealkylation sites (N-methyl/N-ethyl adjacent to an activating group) is 1. The lowest BCUT2D eigenvalue weighted by atomic mass is 9.91. The van der Waals surface area contributed by atoms with Gasteiger partial charge in [0.25, 0.3) is 0 Å². The number of hydrogen-bond donors (Lipinski definition) is 2. The van der Waals surface area contributed by atoms with Gasteiger partial charge in [-0.05, 0) is 61.0 Å². The molecule has 4 aromatic rings. The number of aromatic amines is 1. The van der Waals surface area contributed by atoms with E-state index in [0.717, 1.165) is 88.8 Å². The molecule has 1 amide bonds. The van der Waals surface area contributed by atoms with E-state index in [1.54, 1.807) is 14.2 Å². The number of ether oxygens (including phenoxy) is 2. The minimum atomic E-state index is -0.521. The molecular formula is C30H31N5O3. The first-order valence-corrected chi connectivity index (χ1v) is 13.1. The van der Waals surface area contributed by atoms with E-state index in [9.17, 15) is 4.79 Å². The smallest absolute Gasteiger partial charge is 0.235 e. The van der Waals surface area contributed by atoms with Crippen LogP contribution in [0.15, 0.2) is 54.6 Å². The fraction of sp³-hybridized carbons (Fsp3) is 0.333. The molecule has 194 valence electrons. The van der Waals surface area contributed by atoms with Gasteiger partial charge in [-0.1, -0.05) is 18.2 Å². The molecule has 0 bridgehead atoms. The van der Waals surface area contributed by atoms with E-state index >= 15 is 0 Å². The van der Waals surface area contributed by atoms with Crippen molar-refractivity contribution < 1.29 is 14.3 Å². The summed E-state index contributed by atoms with van der Waals surface area (Å²) in [7, 11) is 5.54. The van der Waals surface area contributed by atoms with Crippen LogP contribution in [0.5, 0.6) is 11.5 Å². The molecule has 3 aliphatic rings. The summed E-state index contributed by atoms with van der Waals surface area (Å²) in [5.74, 6) is 1.83. The van der Waals surface area contributed by atoms with E-state index in [4.69, 9.17) is 9.47 Å². The van der Waals surface area contributed by atoms with Crippen LogP contribution in [0.1, 0.15) is 23.5 Å². The molecular weight excluding hydrogens is 478 g/mol. The normalized spacial score (nSPS) is 22.6. The molecule has 2 aliphatic heterocycles. The maximum Gasteiger partial charge on any atom is 0.235 e. The largest absolute Gasteiger partial charge is 0.497 e. The maximum atomic E-state index is 13.1. The summed E-state index contributed by atoms with van der Waals surface area (Å²) >= 11 is 0. The topological polar surface area (TPSA) is 82.7 Å². The molecule has 1 spiro atoms. The molecule has 2 fully saturated rings. The minimum absolute atomic E-state index is 0.0729. The lowest BCUT2D eigenvalue weighted by molar-refractivity contribution is -0.118. The summed E-state index contributed by atoms with van der Waals surface area (Å²) in [5.41, 5.74) is 6.53. The van der Waals surface area contributed by atoms with Gasteiger partial charge < -0.3 is 24.6 Å². The van der Waals surface area contributed by atoms with Crippen molar-refractivity contribution >= 4 is 28.2 Å². The van der Waals surface area contributed by atoms with E-state index in [0.29, 0.717) is 0 Å². The van der Waals surface area contributed by atoms with Crippen molar-refractivity contribution in [1.29, 1.82) is 0 Å². The number of rotatable bonds is 5. The predicted octanol–water partition coefficient (Wildman–Crippen LogP) is 4.38. The van der Waals surface area contributed by atoms with Crippen LogP contribution in [0.25, 0.3) is 22.2 Å². The van der Waals surface area contributed by atoms with E-state index in [-0.39, 0.29) is 11.8 Å². The second-order valence-corrected chi connectivity index (χ2v) is 10.6. The number of H-pyrrole nitrogens is 1. The van der Waals surface area contributed by atoms with Crippen LogP contribution < -0.4 is 19.7 Å². The van der Waals surface area contributed by atoms with Crippen LogP contribution in [0.4, 0.5) is 11.4 Å². The van der Waals surface area contributed by atoms with Gasteiger partial charge >= 0.3 is 0 Å². The third-order valence-electron chi connectivity index (χ3n) is 8.61. The summed E-state index contributed by atoms with van der Waals surface area (Å²) in [6.07, 6.45) is 0.788. The van der Waals surface area contributed by atoms with E-state index in [2.05, 4.69) is 68.8 Å². The van der Waals surface area contributed by atoms with E-state index in [1.807, 2.05) is 18.2 Å². The summed E-state index contributed by atoms with van der Waals surface area (Å²) in [5, 5.41) is 12.0. The highest BCUT2D eigenvalue weighted by Crippen LogP contribution is 2.65. The third-order valence-corrected chi connectivity index (χ3v) is 8.61. The molecule has 1 aromatic heterocycles. The van der Waals surface area contributed by atoms with Gasteiger partial charge in [-0.3, -0.25) is 9.89 Å². The SMILES string of the molecule is COc1ccc2c(c1)C1(CC1c1ccc3c(-c4ccc(N5CCN(C)CC5)c(OC)c4)n[nH]c3c1)C(=O)N2. The van der Waals surface area contributed by atoms with Gasteiger partial charge in [-0.15, -0.1) is 0 Å². The van der Waals surface area contributed by atoms with Gasteiger partial charge in [0, 0.05) is 48.7 Å². The highest BCUT2D eigenvalue weighted by atomic mass is 16.5. The number of nitrogens with one attached hydrogen (secondary N) is 2. The molecule has 3 heterocycles. The second-order valence-electron chi connectivity index (χ2n) is 10.6. The standard InChI is InChI=1S/C30H31N5O3/c1-34-10-12-35(13-11-34)26-9-5-19(15-27(26)38-3)28-21-7-4-18(14-25(21)32-33-28)23-17-30(23)22-16-20(37-2)6-8-24(22)31-29(30)36/h4-9,14-16,23H,10-13,17H2,1-3H3,(H,31,36)(H,32,33). The number of aromatic nitrogens is 2. The Bertz CT molecular complexity index is 1570. The van der Waals surface area contributed by atoms with Crippen molar-refractivity contribution in [2.75, 3.05) is 57.7 Å². The Hall–Kier alpha value is -4.04. The quantitative estimate of drug-likeness (QED) is 0.416. The molecule has 1 saturated carbocycles. The van der Waals surface area contributed by atoms with Gasteiger partial charge in [-0.2, -0.15) is 5.10 Å². The average molecular weight is 510 g/mol. The number of hydrogen-bond acceptors (Lipinski definition) is 6. The van der Waals surface area contributed by atoms with Gasteiger partial charge in [0.1, 0.15) is 17.2 Å². The number of piperazine rings is 1. The number of carbonyl (C=O) groups is 1. The van der Waals surface area contributed by atoms with Crippen LogP contribution >= 0.6 is 0 Å². The number of carbonyl (C=O) groups excluding carboxylic acids is 1. The molecule has 7 rings (SSSR count). The summed E-state index contributed by atoms with van der Waals surface area (Å²) in [6, 6.07) is 18.6. The molecule has 2 N–H and O–H groups in total. The molecule has 3 aromatic carbocycles. The van der Waals surface area contributed by atoms with Crippen molar-refractivity contribution in [2.24, 2.45) is 0 Å². The Morgan fingerprint density at radius 1 is 0.974 bits per heavy atom. The first-order valence-electron chi connectivity index (χ1n) is 13.1. The van der Waals surface area contributed by atoms with E-state index in [1.165, 1.54) is 0 Å². The zero-order chi connectivity index (χ0) is 26.0. The molecule has 8 heteroatoms. The van der Waals surface area contributed by atoms with Crippen molar-refractivity contribution in [1.82, 2.24) is 15.1 Å². The lowest BCUT2D eigenvalue weighted by Crippen LogP contribution is -2.44. The molecule has 38 heavy (non-hydrogen) atoms. The van der Waals surface area contributed by atoms with Crippen LogP contribution in [0.3, 0.4) is 0 Å². The Morgan fingerprint density at radius 3 is 2.61 bits per heavy atom. The van der Waals surface area contributed by atoms with Gasteiger partial charge in [0.2, 0.25) is 5.91 Å². The van der Waals surface area contributed by atoms with Crippen LogP contribution in [0.2, 0.25) is 0 Å². The predicted molar refractivity (Wildman–Crippen MR) is 148 cm³/mol. The zero-order valence-electron chi connectivity index (χ0n) is 21.9. The highest BCUT2D eigenvalue weighted by Gasteiger charge is 2.65. The van der Waals surface area contributed by atoms with Crippen molar-refractivity contribution in [3.63, 3.8) is 0 Å². The molecule has 2 atom stereocenters. The van der Waals surface area contributed by atoms with Gasteiger partial charge in [0.05, 0.1) is 30.8 Å². The molecule has 8 nitrogen and oxygen atoms in total. The first-order chi connectivity index (χ1) is 18.5. The van der Waals surface area contributed by atoms with Crippen LogP contribution in [-0.4, -0.2) is 68.5 Å². The zero-order valence-corrected chi connectivity index (χ0v) is 21.9. The van der Waals surface area contributed by atoms with Crippen LogP contribution in [0, 0.1) is 0 Å². The molecule has 1 aliphatic carbocycles. The Kier molecular flexibility index (Phi) is 5.16. The second kappa shape index (κ2) is 8.49. The number of amides is 1. The Morgan fingerprint density at radius 2 is 1.82 bits per heavy atom. The van der Waals surface area contributed by atoms with Crippen LogP contribution in [-0.2, 0) is 10.2 Å². The summed E-state index contributed by atoms with van der Waals surface area (Å²) < 4.78 is 11.2. The molecule has 2 unspecified atom stereocenters. The number of methoxy groups -OCH3 is 2. The Labute approximate surface area is 221 Å². The van der Waals surface area contributed by atoms with Gasteiger partial charge in [0.15, 0.2) is 0 Å². The highest BCUT2D eigenvalue weighted by molar-refractivity contribution is 6.10. The fourth-order valence-electron chi connectivity index (χ4n) is 6.31. The summed E-state index contributed by atoms with van der Waals surface area (Å²) in [4.78, 5) is 17.8. The minimum Gasteiger partial charge on any atom is -0.497 e. The van der Waals surface area contributed by atoms with E-state index < -0.39 is 5.41 Å². The van der Waals surface area contributed by atoms with Crippen molar-refractivity contribution in [3.05, 3.63) is 65.7 Å². The number of anilines is 2. The number of fused-ring (bicyclic) bond motifs is 3. The van der Waals surface area contributed by atoms with Crippen molar-refractivity contribution in [3.8, 4) is 22.8 Å². The third kappa shape index (κ3) is 3.40. The molecule has 1 saturated heterocycles. The monoisotopic (exact) mass is 509 g/mol. The average Bonchev–Trinajstić information content (AvgIpc) is 3.47. The lowest BCUT2D eigenvalue weighted by Gasteiger charge is -2.34. The maximum absolute atomic E-state index is 13.1. The fourth-order valence-corrected chi connectivity index (χ4v) is 6.31.